The molecule has 7 heteroatoms. The number of carbonyl (C=O) groups is 1. The van der Waals surface area contributed by atoms with Gasteiger partial charge in [-0.25, -0.2) is 8.42 Å². The van der Waals surface area contributed by atoms with E-state index in [0.29, 0.717) is 5.69 Å². The number of benzene rings is 1. The Morgan fingerprint density at radius 2 is 1.88 bits per heavy atom. The van der Waals surface area contributed by atoms with Gasteiger partial charge >= 0.3 is 0 Å². The molecule has 124 valence electrons. The number of sulfone groups is 1. The van der Waals surface area contributed by atoms with Gasteiger partial charge in [-0.05, 0) is 23.8 Å². The number of aromatic nitrogens is 1. The zero-order valence-electron chi connectivity index (χ0n) is 13.0. The van der Waals surface area contributed by atoms with Crippen molar-refractivity contribution in [2.45, 2.75) is 6.04 Å². The second kappa shape index (κ2) is 6.09. The van der Waals surface area contributed by atoms with Crippen LogP contribution < -0.4 is 10.9 Å². The molecular formula is C17H16N2O4S. The lowest BCUT2D eigenvalue weighted by Gasteiger charge is -2.13. The fraction of sp³-hybridized carbons (Fsp3) is 0.176. The van der Waals surface area contributed by atoms with E-state index >= 15 is 0 Å². The van der Waals surface area contributed by atoms with Gasteiger partial charge < -0.3 is 9.88 Å². The Bertz CT molecular complexity index is 975. The number of pyridine rings is 1. The summed E-state index contributed by atoms with van der Waals surface area (Å²) < 4.78 is 24.2. The topological polar surface area (TPSA) is 85.2 Å². The summed E-state index contributed by atoms with van der Waals surface area (Å²) in [6.07, 6.45) is 1.41. The van der Waals surface area contributed by atoms with Crippen molar-refractivity contribution in [3.63, 3.8) is 0 Å². The molecule has 2 heterocycles. The Morgan fingerprint density at radius 3 is 2.50 bits per heavy atom. The lowest BCUT2D eigenvalue weighted by atomic mass is 10.1. The maximum absolute atomic E-state index is 12.5. The first-order chi connectivity index (χ1) is 11.4. The largest absolute Gasteiger partial charge is 0.345 e. The molecule has 1 aliphatic heterocycles. The number of carbonyl (C=O) groups excluding carboxylic acids is 1. The Labute approximate surface area is 139 Å². The monoisotopic (exact) mass is 344 g/mol. The third-order valence-electron chi connectivity index (χ3n) is 3.87. The van der Waals surface area contributed by atoms with Crippen LogP contribution in [-0.4, -0.2) is 30.7 Å². The fourth-order valence-corrected chi connectivity index (χ4v) is 3.85. The van der Waals surface area contributed by atoms with Crippen molar-refractivity contribution in [2.24, 2.45) is 7.05 Å². The molecule has 0 saturated carbocycles. The predicted molar refractivity (Wildman–Crippen MR) is 91.3 cm³/mol. The number of nitrogens with zero attached hydrogens (tertiary/aromatic N) is 1. The minimum Gasteiger partial charge on any atom is -0.345 e. The van der Waals surface area contributed by atoms with Crippen molar-refractivity contribution < 1.29 is 13.2 Å². The van der Waals surface area contributed by atoms with Gasteiger partial charge in [0, 0.05) is 12.5 Å². The summed E-state index contributed by atoms with van der Waals surface area (Å²) in [6, 6.07) is 11.9. The molecular weight excluding hydrogens is 328 g/mol. The molecule has 2 aromatic rings. The predicted octanol–water partition coefficient (Wildman–Crippen LogP) is 1.09. The Balaban J connectivity index is 1.88. The van der Waals surface area contributed by atoms with Crippen LogP contribution in [0.2, 0.25) is 0 Å². The third-order valence-corrected chi connectivity index (χ3v) is 5.26. The van der Waals surface area contributed by atoms with Crippen molar-refractivity contribution in [1.29, 1.82) is 0 Å². The molecule has 0 radical (unpaired) electrons. The highest BCUT2D eigenvalue weighted by Crippen LogP contribution is 2.17. The molecule has 3 rings (SSSR count). The highest BCUT2D eigenvalue weighted by molar-refractivity contribution is 7.94. The van der Waals surface area contributed by atoms with Gasteiger partial charge in [-0.3, -0.25) is 9.59 Å². The standard InChI is InChI=1S/C17H16N2O4S/c1-19-15(12-5-3-2-4-6-12)8-7-14(17(19)21)16(20)18-13-9-10-24(22,23)11-13/h2-10,13H,11H2,1H3,(H,18,20)/t13-/m1/s1. The zero-order chi connectivity index (χ0) is 17.3. The quantitative estimate of drug-likeness (QED) is 0.903. The Hall–Kier alpha value is -2.67. The Kier molecular flexibility index (Phi) is 4.11. The first-order valence-corrected chi connectivity index (χ1v) is 9.06. The molecule has 0 saturated heterocycles. The summed E-state index contributed by atoms with van der Waals surface area (Å²) in [5.74, 6) is -0.761. The van der Waals surface area contributed by atoms with Crippen LogP contribution in [0.15, 0.2) is 58.7 Å². The summed E-state index contributed by atoms with van der Waals surface area (Å²) in [5.41, 5.74) is 1.11. The van der Waals surface area contributed by atoms with Gasteiger partial charge in [-0.1, -0.05) is 30.3 Å². The molecule has 1 aromatic carbocycles. The van der Waals surface area contributed by atoms with E-state index in [1.54, 1.807) is 13.1 Å². The van der Waals surface area contributed by atoms with Crippen LogP contribution in [0.4, 0.5) is 0 Å². The molecule has 0 bridgehead atoms. The van der Waals surface area contributed by atoms with Crippen LogP contribution in [0.1, 0.15) is 10.4 Å². The number of rotatable bonds is 3. The summed E-state index contributed by atoms with van der Waals surface area (Å²) in [7, 11) is -1.66. The second-order valence-corrected chi connectivity index (χ2v) is 7.53. The summed E-state index contributed by atoms with van der Waals surface area (Å²) in [4.78, 5) is 24.8. The van der Waals surface area contributed by atoms with Crippen molar-refractivity contribution in [3.8, 4) is 11.3 Å². The molecule has 6 nitrogen and oxygen atoms in total. The number of hydrogen-bond donors (Lipinski definition) is 1. The van der Waals surface area contributed by atoms with E-state index in [4.69, 9.17) is 0 Å². The Morgan fingerprint density at radius 1 is 1.17 bits per heavy atom. The summed E-state index contributed by atoms with van der Waals surface area (Å²) >= 11 is 0. The van der Waals surface area contributed by atoms with Crippen LogP contribution in [0.25, 0.3) is 11.3 Å². The lowest BCUT2D eigenvalue weighted by molar-refractivity contribution is 0.0945. The number of nitrogens with one attached hydrogen (secondary N) is 1. The van der Waals surface area contributed by atoms with E-state index in [1.165, 1.54) is 16.7 Å². The first-order valence-electron chi connectivity index (χ1n) is 7.35. The molecule has 0 unspecified atom stereocenters. The highest BCUT2D eigenvalue weighted by atomic mass is 32.2. The van der Waals surface area contributed by atoms with Crippen molar-refractivity contribution >= 4 is 15.7 Å². The lowest BCUT2D eigenvalue weighted by Crippen LogP contribution is -2.39. The maximum Gasteiger partial charge on any atom is 0.263 e. The van der Waals surface area contributed by atoms with Crippen LogP contribution in [-0.2, 0) is 16.9 Å². The normalized spacial score (nSPS) is 18.5. The smallest absolute Gasteiger partial charge is 0.263 e. The average Bonchev–Trinajstić information content (AvgIpc) is 2.89. The minimum atomic E-state index is -3.26. The zero-order valence-corrected chi connectivity index (χ0v) is 13.8. The van der Waals surface area contributed by atoms with E-state index < -0.39 is 27.3 Å². The van der Waals surface area contributed by atoms with Gasteiger partial charge in [0.1, 0.15) is 5.56 Å². The van der Waals surface area contributed by atoms with Gasteiger partial charge in [0.15, 0.2) is 9.84 Å². The third kappa shape index (κ3) is 3.16. The average molecular weight is 344 g/mol. The number of amides is 1. The second-order valence-electron chi connectivity index (χ2n) is 5.60. The molecule has 1 aromatic heterocycles. The van der Waals surface area contributed by atoms with E-state index in [0.717, 1.165) is 11.0 Å². The van der Waals surface area contributed by atoms with Gasteiger partial charge in [-0.2, -0.15) is 0 Å². The summed E-state index contributed by atoms with van der Waals surface area (Å²) in [5, 5.41) is 3.64. The molecule has 1 N–H and O–H groups in total. The van der Waals surface area contributed by atoms with E-state index in [9.17, 15) is 18.0 Å². The van der Waals surface area contributed by atoms with Crippen LogP contribution >= 0.6 is 0 Å². The highest BCUT2D eigenvalue weighted by Gasteiger charge is 2.24. The van der Waals surface area contributed by atoms with Gasteiger partial charge in [-0.15, -0.1) is 0 Å². The molecule has 24 heavy (non-hydrogen) atoms. The van der Waals surface area contributed by atoms with Gasteiger partial charge in [0.2, 0.25) is 0 Å². The first kappa shape index (κ1) is 16.2. The minimum absolute atomic E-state index is 0.0186. The van der Waals surface area contributed by atoms with Gasteiger partial charge in [0.25, 0.3) is 11.5 Å². The summed E-state index contributed by atoms with van der Waals surface area (Å²) in [6.45, 7) is 0. The van der Waals surface area contributed by atoms with Crippen LogP contribution in [0.3, 0.4) is 0 Å². The van der Waals surface area contributed by atoms with Crippen LogP contribution in [0, 0.1) is 0 Å². The molecule has 0 aliphatic carbocycles. The van der Waals surface area contributed by atoms with Crippen LogP contribution in [0.5, 0.6) is 0 Å². The van der Waals surface area contributed by atoms with E-state index in [1.807, 2.05) is 30.3 Å². The molecule has 1 aliphatic rings. The molecule has 0 spiro atoms. The SMILES string of the molecule is Cn1c(-c2ccccc2)ccc(C(=O)N[C@@H]2C=CS(=O)(=O)C2)c1=O. The number of hydrogen-bond acceptors (Lipinski definition) is 4. The van der Waals surface area contributed by atoms with Gasteiger partial charge in [0.05, 0.1) is 17.5 Å². The fourth-order valence-electron chi connectivity index (χ4n) is 2.62. The van der Waals surface area contributed by atoms with E-state index in [-0.39, 0.29) is 11.3 Å². The van der Waals surface area contributed by atoms with Crippen molar-refractivity contribution in [2.75, 3.05) is 5.75 Å². The van der Waals surface area contributed by atoms with Crippen molar-refractivity contribution in [3.05, 3.63) is 69.9 Å². The maximum atomic E-state index is 12.5. The molecule has 0 fully saturated rings. The van der Waals surface area contributed by atoms with E-state index in [2.05, 4.69) is 5.32 Å². The molecule has 1 atom stereocenters. The van der Waals surface area contributed by atoms with Crippen molar-refractivity contribution in [1.82, 2.24) is 9.88 Å². The molecule has 1 amide bonds.